The minimum absolute atomic E-state index is 0.144. The molecule has 2 heterocycles. The van der Waals surface area contributed by atoms with E-state index in [0.29, 0.717) is 23.2 Å². The largest absolute Gasteiger partial charge is 0.490 e. The van der Waals surface area contributed by atoms with E-state index >= 15 is 0 Å². The number of thiocarbonyl (C=S) groups is 1. The molecule has 0 radical (unpaired) electrons. The molecule has 3 atom stereocenters. The van der Waals surface area contributed by atoms with E-state index in [4.69, 9.17) is 21.7 Å². The molecular formula is C29H31N3O3S. The number of aryl methyl sites for hydroxylation is 3. The summed E-state index contributed by atoms with van der Waals surface area (Å²) in [6.45, 7) is 10.5. The van der Waals surface area contributed by atoms with Crippen LogP contribution in [0.3, 0.4) is 0 Å². The fourth-order valence-corrected chi connectivity index (χ4v) is 5.77. The van der Waals surface area contributed by atoms with Crippen molar-refractivity contribution in [1.29, 1.82) is 0 Å². The van der Waals surface area contributed by atoms with Gasteiger partial charge in [0.25, 0.3) is 0 Å². The number of nitrogens with zero attached hydrogens (tertiary/aromatic N) is 1. The maximum Gasteiger partial charge on any atom is 0.236 e. The Hall–Kier alpha value is -3.58. The Bertz CT molecular complexity index is 1360. The van der Waals surface area contributed by atoms with Crippen molar-refractivity contribution >= 4 is 34.6 Å². The number of benzene rings is 3. The highest BCUT2D eigenvalue weighted by molar-refractivity contribution is 7.80. The molecule has 1 amide bonds. The lowest BCUT2D eigenvalue weighted by Gasteiger charge is -2.56. The zero-order valence-corrected chi connectivity index (χ0v) is 22.0. The van der Waals surface area contributed by atoms with Gasteiger partial charge >= 0.3 is 0 Å². The van der Waals surface area contributed by atoms with Crippen LogP contribution < -0.4 is 25.0 Å². The van der Waals surface area contributed by atoms with Gasteiger partial charge in [-0.05, 0) is 82.2 Å². The van der Waals surface area contributed by atoms with E-state index in [-0.39, 0.29) is 5.91 Å². The number of nitrogens with one attached hydrogen (secondary N) is 2. The lowest BCUT2D eigenvalue weighted by Crippen LogP contribution is -2.72. The van der Waals surface area contributed by atoms with Crippen LogP contribution in [0.4, 0.5) is 11.4 Å². The molecule has 36 heavy (non-hydrogen) atoms. The molecule has 0 aliphatic carbocycles. The minimum Gasteiger partial charge on any atom is -0.490 e. The molecule has 3 unspecified atom stereocenters. The third kappa shape index (κ3) is 3.97. The predicted molar refractivity (Wildman–Crippen MR) is 147 cm³/mol. The van der Waals surface area contributed by atoms with Gasteiger partial charge in [0.1, 0.15) is 5.92 Å². The second kappa shape index (κ2) is 9.13. The smallest absolute Gasteiger partial charge is 0.236 e. The lowest BCUT2D eigenvalue weighted by atomic mass is 9.78. The van der Waals surface area contributed by atoms with Gasteiger partial charge in [-0.2, -0.15) is 0 Å². The van der Waals surface area contributed by atoms with E-state index < -0.39 is 17.7 Å². The molecule has 1 saturated heterocycles. The van der Waals surface area contributed by atoms with Gasteiger partial charge in [0, 0.05) is 16.9 Å². The van der Waals surface area contributed by atoms with Crippen LogP contribution in [-0.2, 0) is 4.79 Å². The Balaban J connectivity index is 1.65. The Morgan fingerprint density at radius 3 is 2.58 bits per heavy atom. The predicted octanol–water partition coefficient (Wildman–Crippen LogP) is 5.81. The molecule has 0 aromatic heterocycles. The van der Waals surface area contributed by atoms with Gasteiger partial charge in [0.2, 0.25) is 5.91 Å². The Kier molecular flexibility index (Phi) is 6.12. The monoisotopic (exact) mass is 501 g/mol. The van der Waals surface area contributed by atoms with Crippen LogP contribution in [0.5, 0.6) is 11.5 Å². The molecule has 0 saturated carbocycles. The van der Waals surface area contributed by atoms with Crippen molar-refractivity contribution in [3.63, 3.8) is 0 Å². The number of ether oxygens (including phenoxy) is 2. The number of para-hydroxylation sites is 1. The maximum absolute atomic E-state index is 14.1. The van der Waals surface area contributed by atoms with Gasteiger partial charge in [-0.1, -0.05) is 42.0 Å². The zero-order chi connectivity index (χ0) is 25.6. The fourth-order valence-electron chi connectivity index (χ4n) is 5.36. The first-order valence-electron chi connectivity index (χ1n) is 12.2. The standard InChI is InChI=1S/C29H31N3O3S/c1-6-34-23-12-8-11-21-25-24(27(33)30-22-14-13-18(3)15-19(22)4)29(5,35-26(21)23)32(28(36)31-25)20-10-7-9-17(2)16-20/h7-16,24-25H,6H2,1-5H3,(H,30,33)(H,31,36). The van der Waals surface area contributed by atoms with E-state index in [1.807, 2.05) is 94.1 Å². The van der Waals surface area contributed by atoms with Crippen molar-refractivity contribution in [2.75, 3.05) is 16.8 Å². The van der Waals surface area contributed by atoms with Crippen molar-refractivity contribution in [1.82, 2.24) is 5.32 Å². The third-order valence-corrected chi connectivity index (χ3v) is 7.27. The molecule has 3 aromatic rings. The number of carbonyl (C=O) groups is 1. The molecule has 0 spiro atoms. The van der Waals surface area contributed by atoms with Crippen LogP contribution in [0.1, 0.15) is 42.1 Å². The van der Waals surface area contributed by atoms with Gasteiger partial charge < -0.3 is 20.1 Å². The Labute approximate surface area is 217 Å². The second-order valence-electron chi connectivity index (χ2n) is 9.65. The van der Waals surface area contributed by atoms with Crippen LogP contribution in [0.15, 0.2) is 60.7 Å². The summed E-state index contributed by atoms with van der Waals surface area (Å²) in [5, 5.41) is 7.15. The molecule has 2 N–H and O–H groups in total. The van der Waals surface area contributed by atoms with Crippen LogP contribution in [-0.4, -0.2) is 23.4 Å². The molecule has 1 fully saturated rings. The summed E-state index contributed by atoms with van der Waals surface area (Å²) in [4.78, 5) is 16.0. The molecule has 186 valence electrons. The normalized spacial score (nSPS) is 22.2. The molecule has 2 aliphatic heterocycles. The number of hydrogen-bond donors (Lipinski definition) is 2. The molecule has 3 aromatic carbocycles. The highest BCUT2D eigenvalue weighted by Gasteiger charge is 2.59. The molecule has 7 heteroatoms. The van der Waals surface area contributed by atoms with Gasteiger partial charge in [-0.3, -0.25) is 9.69 Å². The Morgan fingerprint density at radius 1 is 1.11 bits per heavy atom. The van der Waals surface area contributed by atoms with Crippen LogP contribution in [0, 0.1) is 26.7 Å². The summed E-state index contributed by atoms with van der Waals surface area (Å²) in [5.41, 5.74) is 4.62. The van der Waals surface area contributed by atoms with E-state index in [1.54, 1.807) is 0 Å². The number of hydrogen-bond acceptors (Lipinski definition) is 4. The number of anilines is 2. The van der Waals surface area contributed by atoms with Gasteiger partial charge in [-0.15, -0.1) is 0 Å². The zero-order valence-electron chi connectivity index (χ0n) is 21.2. The van der Waals surface area contributed by atoms with Crippen LogP contribution >= 0.6 is 12.2 Å². The van der Waals surface area contributed by atoms with Gasteiger partial charge in [0.15, 0.2) is 22.3 Å². The van der Waals surface area contributed by atoms with Crippen molar-refractivity contribution in [3.8, 4) is 11.5 Å². The SMILES string of the molecule is CCOc1cccc2c1OC1(C)C(C(=O)Nc3ccc(C)cc3C)C2NC(=S)N1c1cccc(C)c1. The van der Waals surface area contributed by atoms with Crippen molar-refractivity contribution in [2.45, 2.75) is 46.4 Å². The summed E-state index contributed by atoms with van der Waals surface area (Å²) in [5.74, 6) is 0.526. The number of fused-ring (bicyclic) bond motifs is 4. The van der Waals surface area contributed by atoms with Crippen molar-refractivity contribution in [2.24, 2.45) is 5.92 Å². The highest BCUT2D eigenvalue weighted by atomic mass is 32.1. The Morgan fingerprint density at radius 2 is 1.86 bits per heavy atom. The van der Waals surface area contributed by atoms with E-state index in [1.165, 1.54) is 0 Å². The fraction of sp³-hybridized carbons (Fsp3) is 0.310. The van der Waals surface area contributed by atoms with Gasteiger partial charge in [-0.25, -0.2) is 0 Å². The van der Waals surface area contributed by atoms with Crippen LogP contribution in [0.2, 0.25) is 0 Å². The summed E-state index contributed by atoms with van der Waals surface area (Å²) < 4.78 is 12.7. The molecular weight excluding hydrogens is 470 g/mol. The average molecular weight is 502 g/mol. The maximum atomic E-state index is 14.1. The van der Waals surface area contributed by atoms with Gasteiger partial charge in [0.05, 0.1) is 12.6 Å². The third-order valence-electron chi connectivity index (χ3n) is 6.97. The molecule has 2 aliphatic rings. The number of carbonyl (C=O) groups excluding carboxylic acids is 1. The van der Waals surface area contributed by atoms with E-state index in [0.717, 1.165) is 33.6 Å². The number of amides is 1. The first-order chi connectivity index (χ1) is 17.2. The second-order valence-corrected chi connectivity index (χ2v) is 10.0. The first kappa shape index (κ1) is 24.1. The van der Waals surface area contributed by atoms with Crippen LogP contribution in [0.25, 0.3) is 0 Å². The van der Waals surface area contributed by atoms with E-state index in [9.17, 15) is 4.79 Å². The topological polar surface area (TPSA) is 62.8 Å². The summed E-state index contributed by atoms with van der Waals surface area (Å²) >= 11 is 5.87. The summed E-state index contributed by atoms with van der Waals surface area (Å²) in [6.07, 6.45) is 0. The average Bonchev–Trinajstić information content (AvgIpc) is 2.81. The molecule has 6 nitrogen and oxygen atoms in total. The van der Waals surface area contributed by atoms with E-state index in [2.05, 4.69) is 16.7 Å². The molecule has 2 bridgehead atoms. The lowest BCUT2D eigenvalue weighted by molar-refractivity contribution is -0.130. The first-order valence-corrected chi connectivity index (χ1v) is 12.6. The summed E-state index contributed by atoms with van der Waals surface area (Å²) in [6, 6.07) is 19.5. The summed E-state index contributed by atoms with van der Waals surface area (Å²) in [7, 11) is 0. The minimum atomic E-state index is -1.11. The van der Waals surface area contributed by atoms with Crippen molar-refractivity contribution in [3.05, 3.63) is 82.9 Å². The quantitative estimate of drug-likeness (QED) is 0.430. The van der Waals surface area contributed by atoms with Crippen molar-refractivity contribution < 1.29 is 14.3 Å². The number of rotatable bonds is 5. The molecule has 5 rings (SSSR count). The highest BCUT2D eigenvalue weighted by Crippen LogP contribution is 2.52.